The number of rotatable bonds is 6. The molecule has 1 heterocycles. The smallest absolute Gasteiger partial charge is 0.339 e. The van der Waals surface area contributed by atoms with Crippen LogP contribution in [-0.2, 0) is 11.2 Å². The van der Waals surface area contributed by atoms with E-state index in [9.17, 15) is 14.7 Å². The highest BCUT2D eigenvalue weighted by Gasteiger charge is 2.16. The second-order valence-corrected chi connectivity index (χ2v) is 6.69. The third-order valence-electron chi connectivity index (χ3n) is 4.96. The van der Waals surface area contributed by atoms with Gasteiger partial charge in [0.1, 0.15) is 22.8 Å². The van der Waals surface area contributed by atoms with Gasteiger partial charge >= 0.3 is 5.63 Å². The van der Waals surface area contributed by atoms with Crippen molar-refractivity contribution >= 4 is 22.6 Å². The van der Waals surface area contributed by atoms with E-state index in [0.717, 1.165) is 10.9 Å². The Labute approximate surface area is 167 Å². The van der Waals surface area contributed by atoms with Gasteiger partial charge in [-0.15, -0.1) is 0 Å². The maximum atomic E-state index is 12.4. The van der Waals surface area contributed by atoms with Crippen LogP contribution in [0.25, 0.3) is 11.0 Å². The third kappa shape index (κ3) is 4.03. The lowest BCUT2D eigenvalue weighted by Gasteiger charge is -2.12. The molecule has 7 nitrogen and oxygen atoms in total. The third-order valence-corrected chi connectivity index (χ3v) is 4.96. The molecule has 0 saturated carbocycles. The first kappa shape index (κ1) is 20.3. The summed E-state index contributed by atoms with van der Waals surface area (Å²) in [5.74, 6) is 0.912. The SMILES string of the molecule is COc1ccc(NC(=O)CCc2c(C)c3ccc(O)c(C)c3oc2=O)c(OC)c1. The number of ether oxygens (including phenoxy) is 2. The number of aromatic hydroxyl groups is 1. The molecule has 29 heavy (non-hydrogen) atoms. The van der Waals surface area contributed by atoms with Crippen LogP contribution in [0.1, 0.15) is 23.1 Å². The lowest BCUT2D eigenvalue weighted by molar-refractivity contribution is -0.116. The Bertz CT molecular complexity index is 1130. The lowest BCUT2D eigenvalue weighted by atomic mass is 10.0. The van der Waals surface area contributed by atoms with Gasteiger partial charge in [-0.1, -0.05) is 0 Å². The van der Waals surface area contributed by atoms with E-state index in [1.807, 2.05) is 6.92 Å². The molecular weight excluding hydrogens is 374 g/mol. The molecule has 0 aliphatic rings. The number of carbonyl (C=O) groups is 1. The Morgan fingerprint density at radius 3 is 2.55 bits per heavy atom. The van der Waals surface area contributed by atoms with Gasteiger partial charge in [-0.3, -0.25) is 4.79 Å². The molecule has 0 aliphatic heterocycles. The van der Waals surface area contributed by atoms with E-state index in [1.165, 1.54) is 7.11 Å². The average molecular weight is 397 g/mol. The van der Waals surface area contributed by atoms with Crippen molar-refractivity contribution in [1.29, 1.82) is 0 Å². The Hall–Kier alpha value is -3.48. The zero-order chi connectivity index (χ0) is 21.1. The molecule has 1 amide bonds. The Morgan fingerprint density at radius 1 is 1.10 bits per heavy atom. The second-order valence-electron chi connectivity index (χ2n) is 6.69. The standard InChI is InChI=1S/C22H23NO6/c1-12-15-6-9-18(24)13(2)21(15)29-22(26)16(12)7-10-20(25)23-17-8-5-14(27-3)11-19(17)28-4/h5-6,8-9,11,24H,7,10H2,1-4H3,(H,23,25). The van der Waals surface area contributed by atoms with Gasteiger partial charge in [-0.2, -0.15) is 0 Å². The second kappa shape index (κ2) is 8.26. The fourth-order valence-corrected chi connectivity index (χ4v) is 3.22. The maximum absolute atomic E-state index is 12.4. The number of anilines is 1. The summed E-state index contributed by atoms with van der Waals surface area (Å²) in [4.78, 5) is 24.9. The number of hydrogen-bond donors (Lipinski definition) is 2. The molecule has 0 fully saturated rings. The van der Waals surface area contributed by atoms with E-state index in [0.29, 0.717) is 33.9 Å². The van der Waals surface area contributed by atoms with Gasteiger partial charge in [0, 0.05) is 29.0 Å². The molecule has 0 saturated heterocycles. The number of fused-ring (bicyclic) bond motifs is 1. The number of aryl methyl sites for hydroxylation is 2. The van der Waals surface area contributed by atoms with E-state index in [-0.39, 0.29) is 24.5 Å². The molecule has 152 valence electrons. The van der Waals surface area contributed by atoms with Crippen molar-refractivity contribution in [2.75, 3.05) is 19.5 Å². The molecular formula is C22H23NO6. The summed E-state index contributed by atoms with van der Waals surface area (Å²) >= 11 is 0. The number of phenolic OH excluding ortho intramolecular Hbond substituents is 1. The molecule has 2 N–H and O–H groups in total. The average Bonchev–Trinajstić information content (AvgIpc) is 2.71. The first-order valence-electron chi connectivity index (χ1n) is 9.12. The van der Waals surface area contributed by atoms with Crippen molar-refractivity contribution in [3.63, 3.8) is 0 Å². The van der Waals surface area contributed by atoms with Gasteiger partial charge < -0.3 is 24.3 Å². The molecule has 0 bridgehead atoms. The Morgan fingerprint density at radius 2 is 1.86 bits per heavy atom. The van der Waals surface area contributed by atoms with Crippen molar-refractivity contribution in [2.45, 2.75) is 26.7 Å². The zero-order valence-electron chi connectivity index (χ0n) is 16.8. The minimum atomic E-state index is -0.501. The topological polar surface area (TPSA) is 98.0 Å². The lowest BCUT2D eigenvalue weighted by Crippen LogP contribution is -2.17. The predicted octanol–water partition coefficient (Wildman–Crippen LogP) is 3.70. The van der Waals surface area contributed by atoms with Crippen LogP contribution in [0.15, 0.2) is 39.5 Å². The minimum absolute atomic E-state index is 0.0700. The number of hydrogen-bond acceptors (Lipinski definition) is 6. The molecule has 2 aromatic carbocycles. The van der Waals surface area contributed by atoms with Crippen molar-refractivity contribution in [1.82, 2.24) is 0 Å². The van der Waals surface area contributed by atoms with E-state index >= 15 is 0 Å². The first-order chi connectivity index (χ1) is 13.8. The van der Waals surface area contributed by atoms with Crippen LogP contribution in [-0.4, -0.2) is 25.2 Å². The summed E-state index contributed by atoms with van der Waals surface area (Å²) in [5, 5.41) is 13.4. The number of benzene rings is 2. The van der Waals surface area contributed by atoms with Gasteiger partial charge in [0.25, 0.3) is 0 Å². The number of methoxy groups -OCH3 is 2. The molecule has 0 aliphatic carbocycles. The van der Waals surface area contributed by atoms with Gasteiger partial charge in [-0.05, 0) is 50.1 Å². The Kier molecular flexibility index (Phi) is 5.77. The monoisotopic (exact) mass is 397 g/mol. The highest BCUT2D eigenvalue weighted by atomic mass is 16.5. The largest absolute Gasteiger partial charge is 0.508 e. The van der Waals surface area contributed by atoms with Gasteiger partial charge in [0.05, 0.1) is 19.9 Å². The van der Waals surface area contributed by atoms with Crippen molar-refractivity contribution in [3.05, 3.63) is 57.4 Å². The summed E-state index contributed by atoms with van der Waals surface area (Å²) in [5.41, 5.74) is 2.08. The van der Waals surface area contributed by atoms with Crippen molar-refractivity contribution < 1.29 is 23.8 Å². The summed E-state index contributed by atoms with van der Waals surface area (Å²) < 4.78 is 15.8. The summed E-state index contributed by atoms with van der Waals surface area (Å²) in [6.45, 7) is 3.50. The number of nitrogens with one attached hydrogen (secondary N) is 1. The molecule has 0 spiro atoms. The highest BCUT2D eigenvalue weighted by molar-refractivity contribution is 5.92. The van der Waals surface area contributed by atoms with Crippen LogP contribution in [0.5, 0.6) is 17.2 Å². The quantitative estimate of drug-likeness (QED) is 0.616. The molecule has 1 aromatic heterocycles. The maximum Gasteiger partial charge on any atom is 0.339 e. The minimum Gasteiger partial charge on any atom is -0.508 e. The summed E-state index contributed by atoms with van der Waals surface area (Å²) in [6, 6.07) is 8.37. The number of phenols is 1. The van der Waals surface area contributed by atoms with E-state index in [4.69, 9.17) is 13.9 Å². The fourth-order valence-electron chi connectivity index (χ4n) is 3.22. The molecule has 3 aromatic rings. The first-order valence-corrected chi connectivity index (χ1v) is 9.12. The highest BCUT2D eigenvalue weighted by Crippen LogP contribution is 2.30. The van der Waals surface area contributed by atoms with Crippen LogP contribution in [0.4, 0.5) is 5.69 Å². The fraction of sp³-hybridized carbons (Fsp3) is 0.273. The number of amides is 1. The van der Waals surface area contributed by atoms with E-state index in [1.54, 1.807) is 44.4 Å². The van der Waals surface area contributed by atoms with Crippen LogP contribution < -0.4 is 20.4 Å². The van der Waals surface area contributed by atoms with Gasteiger partial charge in [0.15, 0.2) is 0 Å². The van der Waals surface area contributed by atoms with Crippen LogP contribution in [0.2, 0.25) is 0 Å². The molecule has 3 rings (SSSR count). The summed E-state index contributed by atoms with van der Waals surface area (Å²) in [7, 11) is 3.06. The zero-order valence-corrected chi connectivity index (χ0v) is 16.8. The summed E-state index contributed by atoms with van der Waals surface area (Å²) in [6.07, 6.45) is 0.331. The molecule has 0 radical (unpaired) electrons. The van der Waals surface area contributed by atoms with Crippen molar-refractivity contribution in [3.8, 4) is 17.2 Å². The van der Waals surface area contributed by atoms with Crippen LogP contribution >= 0.6 is 0 Å². The predicted molar refractivity (Wildman–Crippen MR) is 110 cm³/mol. The van der Waals surface area contributed by atoms with E-state index < -0.39 is 5.63 Å². The van der Waals surface area contributed by atoms with Gasteiger partial charge in [0.2, 0.25) is 5.91 Å². The van der Waals surface area contributed by atoms with Crippen LogP contribution in [0.3, 0.4) is 0 Å². The number of carbonyl (C=O) groups excluding carboxylic acids is 1. The van der Waals surface area contributed by atoms with Crippen LogP contribution in [0, 0.1) is 13.8 Å². The normalized spacial score (nSPS) is 10.8. The van der Waals surface area contributed by atoms with Gasteiger partial charge in [-0.25, -0.2) is 4.79 Å². The Balaban J connectivity index is 1.80. The van der Waals surface area contributed by atoms with Crippen molar-refractivity contribution in [2.24, 2.45) is 0 Å². The molecule has 7 heteroatoms. The molecule has 0 unspecified atom stereocenters. The van der Waals surface area contributed by atoms with E-state index in [2.05, 4.69) is 5.32 Å². The molecule has 0 atom stereocenters.